The highest BCUT2D eigenvalue weighted by Gasteiger charge is 2.32. The fourth-order valence-corrected chi connectivity index (χ4v) is 9.25. The molecule has 6 aromatic rings. The molecule has 4 aromatic carbocycles. The summed E-state index contributed by atoms with van der Waals surface area (Å²) in [7, 11) is 0. The number of benzene rings is 4. The highest BCUT2D eigenvalue weighted by atomic mass is 16.1. The molecule has 2 saturated carbocycles. The molecule has 10 rings (SSSR count). The molecule has 0 bridgehead atoms. The van der Waals surface area contributed by atoms with E-state index in [1.165, 1.54) is 36.5 Å². The molecule has 4 aliphatic rings. The molecular weight excluding hydrogens is 745 g/mol. The molecule has 2 aliphatic carbocycles. The minimum atomic E-state index is 0.0531. The summed E-state index contributed by atoms with van der Waals surface area (Å²) in [5.74, 6) is 1.62. The number of rotatable bonds is 8. The highest BCUT2D eigenvalue weighted by Crippen LogP contribution is 2.46. The van der Waals surface area contributed by atoms with Crippen molar-refractivity contribution < 1.29 is 9.59 Å². The Hall–Kier alpha value is -6.26. The summed E-state index contributed by atoms with van der Waals surface area (Å²) in [4.78, 5) is 24.5. The fraction of sp³-hybridized carbons (Fsp3) is 0.400. The van der Waals surface area contributed by atoms with Crippen LogP contribution < -0.4 is 10.6 Å². The molecule has 4 heterocycles. The topological polar surface area (TPSA) is 141 Å². The Labute approximate surface area is 351 Å². The smallest absolute Gasteiger partial charge is 0.139 e. The molecule has 2 aromatic heterocycles. The minimum Gasteiger partial charge on any atom is -0.381 e. The number of hydrogen-bond acceptors (Lipinski definition) is 8. The van der Waals surface area contributed by atoms with E-state index >= 15 is 0 Å². The fourth-order valence-electron chi connectivity index (χ4n) is 9.25. The van der Waals surface area contributed by atoms with Gasteiger partial charge in [0.25, 0.3) is 0 Å². The highest BCUT2D eigenvalue weighted by molar-refractivity contribution is 5.95. The van der Waals surface area contributed by atoms with Crippen LogP contribution in [0.3, 0.4) is 0 Å². The number of fused-ring (bicyclic) bond motifs is 4. The summed E-state index contributed by atoms with van der Waals surface area (Å²) < 4.78 is 4.06. The largest absolute Gasteiger partial charge is 0.381 e. The normalized spacial score (nSPS) is 19.6. The Kier molecular flexibility index (Phi) is 10.5. The molecule has 2 aliphatic heterocycles. The molecule has 0 amide bonds. The van der Waals surface area contributed by atoms with Crippen LogP contribution in [0.5, 0.6) is 0 Å². The van der Waals surface area contributed by atoms with Crippen molar-refractivity contribution in [1.82, 2.24) is 19.6 Å². The lowest BCUT2D eigenvalue weighted by molar-refractivity contribution is -0.119. The number of nitrogens with one attached hydrogen (secondary N) is 2. The van der Waals surface area contributed by atoms with Gasteiger partial charge >= 0.3 is 0 Å². The summed E-state index contributed by atoms with van der Waals surface area (Å²) in [5, 5.41) is 37.7. The number of hydrogen-bond donors (Lipinski definition) is 2. The Morgan fingerprint density at radius 3 is 1.45 bits per heavy atom. The molecule has 0 unspecified atom stereocenters. The van der Waals surface area contributed by atoms with E-state index in [9.17, 15) is 9.59 Å². The third-order valence-corrected chi connectivity index (χ3v) is 12.6. The third-order valence-electron chi connectivity index (χ3n) is 12.6. The van der Waals surface area contributed by atoms with Crippen molar-refractivity contribution in [2.24, 2.45) is 0 Å². The van der Waals surface area contributed by atoms with Crippen molar-refractivity contribution in [2.45, 2.75) is 128 Å². The zero-order chi connectivity index (χ0) is 41.7. The van der Waals surface area contributed by atoms with Crippen LogP contribution in [0.4, 0.5) is 11.4 Å². The summed E-state index contributed by atoms with van der Waals surface area (Å²) in [6, 6.07) is 30.4. The number of nitrogens with zero attached hydrogens (tertiary/aromatic N) is 6. The second kappa shape index (κ2) is 16.1. The number of nitriles is 2. The SMILES string of the molecule is C[C@@H]1CC(=O)Cc2cccc(-c3ccc4c(c3)c(C3CC3)nn4[C@@H](C)CC#N)c2N1.C[C@@H]1CC(=O)Cc2cccc(-c3ccc4c(c3)c(C3CC3)nn4[C@H](C)CC#N)c2N1. The molecule has 60 heavy (non-hydrogen) atoms. The van der Waals surface area contributed by atoms with Gasteiger partial charge in [-0.2, -0.15) is 20.7 Å². The van der Waals surface area contributed by atoms with E-state index < -0.39 is 0 Å². The minimum absolute atomic E-state index is 0.0531. The van der Waals surface area contributed by atoms with Gasteiger partial charge in [-0.15, -0.1) is 0 Å². The van der Waals surface area contributed by atoms with E-state index in [1.807, 2.05) is 21.5 Å². The average Bonchev–Trinajstić information content (AvgIpc) is 4.17. The second-order valence-corrected chi connectivity index (χ2v) is 17.7. The first kappa shape index (κ1) is 39.2. The third kappa shape index (κ3) is 7.68. The maximum Gasteiger partial charge on any atom is 0.139 e. The van der Waals surface area contributed by atoms with Gasteiger partial charge in [0.05, 0.1) is 59.5 Å². The van der Waals surface area contributed by atoms with Gasteiger partial charge in [0.15, 0.2) is 0 Å². The number of para-hydroxylation sites is 2. The lowest BCUT2D eigenvalue weighted by atomic mass is 9.96. The van der Waals surface area contributed by atoms with E-state index in [4.69, 9.17) is 20.7 Å². The van der Waals surface area contributed by atoms with E-state index in [-0.39, 0.29) is 35.7 Å². The van der Waals surface area contributed by atoms with Crippen molar-refractivity contribution in [3.05, 3.63) is 95.3 Å². The quantitative estimate of drug-likeness (QED) is 0.155. The molecule has 10 nitrogen and oxygen atoms in total. The van der Waals surface area contributed by atoms with Gasteiger partial charge in [-0.25, -0.2) is 0 Å². The number of aromatic nitrogens is 4. The standard InChI is InChI=1S/2C25H26N4O/c2*1-15-12-20(30)13-19-4-3-5-21(24(19)27-15)18-8-9-23-22(14-18)25(17-6-7-17)28-29(23)16(2)10-11-26/h2*3-5,8-9,14-17,27H,6-7,10,12-13H2,1-2H3/t15-,16+;15-,16-/m11/s1. The maximum atomic E-state index is 12.3. The Balaban J connectivity index is 0.000000154. The summed E-state index contributed by atoms with van der Waals surface area (Å²) in [5.41, 5.74) is 13.4. The van der Waals surface area contributed by atoms with Crippen LogP contribution in [-0.2, 0) is 22.4 Å². The first-order chi connectivity index (χ1) is 29.1. The maximum absolute atomic E-state index is 12.3. The number of carbonyl (C=O) groups is 2. The van der Waals surface area contributed by atoms with Crippen molar-refractivity contribution in [3.63, 3.8) is 0 Å². The summed E-state index contributed by atoms with van der Waals surface area (Å²) >= 11 is 0. The zero-order valence-electron chi connectivity index (χ0n) is 35.0. The number of carbonyl (C=O) groups excluding carboxylic acids is 2. The van der Waals surface area contributed by atoms with Gasteiger partial charge in [0, 0.05) is 82.9 Å². The van der Waals surface area contributed by atoms with Gasteiger partial charge in [-0.05, 0) is 99.9 Å². The van der Waals surface area contributed by atoms with E-state index in [1.54, 1.807) is 0 Å². The van der Waals surface area contributed by atoms with Crippen LogP contribution in [0.2, 0.25) is 0 Å². The monoisotopic (exact) mass is 796 g/mol. The van der Waals surface area contributed by atoms with Crippen LogP contribution in [0.15, 0.2) is 72.8 Å². The Bertz CT molecular complexity index is 2550. The molecule has 304 valence electrons. The zero-order valence-corrected chi connectivity index (χ0v) is 35.0. The Morgan fingerprint density at radius 2 is 1.07 bits per heavy atom. The van der Waals surface area contributed by atoms with E-state index in [0.717, 1.165) is 67.2 Å². The molecule has 2 fully saturated rings. The van der Waals surface area contributed by atoms with Crippen LogP contribution >= 0.6 is 0 Å². The molecular formula is C50H52N8O2. The summed E-state index contributed by atoms with van der Waals surface area (Å²) in [6.45, 7) is 8.25. The predicted molar refractivity (Wildman–Crippen MR) is 237 cm³/mol. The number of anilines is 2. The predicted octanol–water partition coefficient (Wildman–Crippen LogP) is 10.7. The van der Waals surface area contributed by atoms with Gasteiger partial charge in [0.2, 0.25) is 0 Å². The molecule has 0 spiro atoms. The molecule has 0 radical (unpaired) electrons. The van der Waals surface area contributed by atoms with Crippen molar-refractivity contribution in [1.29, 1.82) is 10.5 Å². The van der Waals surface area contributed by atoms with E-state index in [2.05, 4.69) is 111 Å². The van der Waals surface area contributed by atoms with Crippen molar-refractivity contribution in [2.75, 3.05) is 10.6 Å². The second-order valence-electron chi connectivity index (χ2n) is 17.7. The first-order valence-corrected chi connectivity index (χ1v) is 21.7. The van der Waals surface area contributed by atoms with Gasteiger partial charge in [-0.1, -0.05) is 48.5 Å². The van der Waals surface area contributed by atoms with Gasteiger partial charge in [0.1, 0.15) is 11.6 Å². The molecule has 4 atom stereocenters. The van der Waals surface area contributed by atoms with Gasteiger partial charge in [-0.3, -0.25) is 19.0 Å². The van der Waals surface area contributed by atoms with Crippen molar-refractivity contribution in [3.8, 4) is 34.4 Å². The molecule has 0 saturated heterocycles. The molecule has 2 N–H and O–H groups in total. The summed E-state index contributed by atoms with van der Waals surface area (Å²) in [6.07, 6.45) is 7.73. The lowest BCUT2D eigenvalue weighted by Gasteiger charge is -2.17. The van der Waals surface area contributed by atoms with Crippen LogP contribution in [0.1, 0.15) is 125 Å². The molecule has 10 heteroatoms. The number of ketones is 2. The van der Waals surface area contributed by atoms with Gasteiger partial charge < -0.3 is 10.6 Å². The van der Waals surface area contributed by atoms with Crippen LogP contribution in [-0.4, -0.2) is 43.2 Å². The van der Waals surface area contributed by atoms with E-state index in [0.29, 0.717) is 50.4 Å². The average molecular weight is 797 g/mol. The van der Waals surface area contributed by atoms with Crippen molar-refractivity contribution >= 4 is 44.7 Å². The lowest BCUT2D eigenvalue weighted by Crippen LogP contribution is -2.17. The Morgan fingerprint density at radius 1 is 0.650 bits per heavy atom. The first-order valence-electron chi connectivity index (χ1n) is 21.7. The van der Waals surface area contributed by atoms with Crippen LogP contribution in [0, 0.1) is 22.7 Å². The van der Waals surface area contributed by atoms with Crippen LogP contribution in [0.25, 0.3) is 44.1 Å². The number of Topliss-reactive ketones (excluding diaryl/α,β-unsaturated/α-hetero) is 2.